The van der Waals surface area contributed by atoms with Crippen LogP contribution in [-0.2, 0) is 44.7 Å². The zero-order chi connectivity index (χ0) is 25.8. The van der Waals surface area contributed by atoms with E-state index in [1.807, 2.05) is 33.8 Å². The molecule has 0 bridgehead atoms. The zero-order valence-electron chi connectivity index (χ0n) is 23.5. The molecule has 3 aromatic rings. The van der Waals surface area contributed by atoms with Crippen molar-refractivity contribution in [3.8, 4) is 17.0 Å². The average Bonchev–Trinajstić information content (AvgIpc) is 3.10. The summed E-state index contributed by atoms with van der Waals surface area (Å²) < 4.78 is 2.20. The second-order valence-electron chi connectivity index (χ2n) is 8.23. The molecule has 0 spiro atoms. The number of phenols is 1. The van der Waals surface area contributed by atoms with E-state index in [9.17, 15) is 5.11 Å². The number of aromatic nitrogens is 1. The van der Waals surface area contributed by atoms with Crippen LogP contribution in [0.25, 0.3) is 27.9 Å². The van der Waals surface area contributed by atoms with Gasteiger partial charge in [0.25, 0.3) is 0 Å². The Morgan fingerprint density at radius 2 is 1.57 bits per heavy atom. The van der Waals surface area contributed by atoms with Gasteiger partial charge in [-0.15, -0.1) is 0 Å². The van der Waals surface area contributed by atoms with Crippen molar-refractivity contribution < 1.29 is 36.4 Å². The van der Waals surface area contributed by atoms with E-state index in [1.165, 1.54) is 23.5 Å². The molecule has 2 aromatic carbocycles. The minimum atomic E-state index is -0.127. The number of rotatable bonds is 4. The number of fused-ring (bicyclic) bond motifs is 1. The number of aromatic hydroxyl groups is 1. The summed E-state index contributed by atoms with van der Waals surface area (Å²) in [6.45, 7) is 20.3. The Bertz CT molecular complexity index is 1040. The van der Waals surface area contributed by atoms with Crippen LogP contribution in [0.5, 0.6) is 5.75 Å². The van der Waals surface area contributed by atoms with Gasteiger partial charge in [-0.05, 0) is 42.0 Å². The number of hydrogen-bond acceptors (Lipinski definition) is 1. The molecule has 0 atom stereocenters. The summed E-state index contributed by atoms with van der Waals surface area (Å²) in [6, 6.07) is 12.6. The molecule has 5 heteroatoms. The van der Waals surface area contributed by atoms with Gasteiger partial charge in [-0.3, -0.25) is 0 Å². The smallest absolute Gasteiger partial charge is 0.128 e. The van der Waals surface area contributed by atoms with Gasteiger partial charge in [0, 0.05) is 54.9 Å². The van der Waals surface area contributed by atoms with Gasteiger partial charge in [0.15, 0.2) is 0 Å². The summed E-state index contributed by atoms with van der Waals surface area (Å²) in [5.74, 6) is 0.382. The van der Waals surface area contributed by atoms with E-state index in [1.54, 1.807) is 6.08 Å². The Balaban J connectivity index is -0.00000119. The quantitative estimate of drug-likeness (QED) is 0.225. The van der Waals surface area contributed by atoms with Gasteiger partial charge in [-0.1, -0.05) is 97.5 Å². The molecule has 0 fully saturated rings. The van der Waals surface area contributed by atoms with Crippen LogP contribution in [0.3, 0.4) is 0 Å². The topological polar surface area (TPSA) is 80.5 Å². The van der Waals surface area contributed by atoms with E-state index in [2.05, 4.69) is 88.4 Å². The first-order valence-electron chi connectivity index (χ1n) is 11.9. The normalized spacial score (nSPS) is 9.91. The molecule has 4 nitrogen and oxygen atoms in total. The van der Waals surface area contributed by atoms with Crippen molar-refractivity contribution in [2.45, 2.75) is 67.2 Å². The first-order valence-corrected chi connectivity index (χ1v) is 11.9. The Kier molecular flexibility index (Phi) is 19.7. The maximum absolute atomic E-state index is 11.2. The number of benzene rings is 2. The molecule has 1 aromatic heterocycles. The Morgan fingerprint density at radius 1 is 1.03 bits per heavy atom. The molecule has 0 aliphatic carbocycles. The molecule has 0 amide bonds. The average molecular weight is 646 g/mol. The number of aryl methyl sites for hydroxylation is 2. The van der Waals surface area contributed by atoms with Gasteiger partial charge < -0.3 is 20.9 Å². The fourth-order valence-electron chi connectivity index (χ4n) is 3.83. The van der Waals surface area contributed by atoms with Gasteiger partial charge in [0.05, 0.1) is 5.69 Å². The van der Waals surface area contributed by atoms with Crippen LogP contribution < -0.4 is 0 Å². The molecule has 0 radical (unpaired) electrons. The van der Waals surface area contributed by atoms with Crippen LogP contribution in [0, 0.1) is 6.92 Å². The van der Waals surface area contributed by atoms with E-state index < -0.39 is 0 Å². The van der Waals surface area contributed by atoms with Crippen molar-refractivity contribution in [1.29, 1.82) is 0 Å². The van der Waals surface area contributed by atoms with Gasteiger partial charge in [0.2, 0.25) is 0 Å². The third kappa shape index (κ3) is 9.21. The summed E-state index contributed by atoms with van der Waals surface area (Å²) in [6.07, 6.45) is 6.69. The van der Waals surface area contributed by atoms with E-state index in [4.69, 9.17) is 5.73 Å². The monoisotopic (exact) mass is 647 g/mol. The molecule has 35 heavy (non-hydrogen) atoms. The Hall–Kier alpha value is -1.95. The summed E-state index contributed by atoms with van der Waals surface area (Å²) >= 11 is 0. The molecule has 4 N–H and O–H groups in total. The molecule has 0 unspecified atom stereocenters. The fourth-order valence-corrected chi connectivity index (χ4v) is 3.83. The SMILES string of the molecule is C=C/C=C\Cc1c(-c2cc(C)cc(C(C)(C)C)c2O)n(C)c2ccccc12.CC.CC.C[NH-].O.[Hf]. The second kappa shape index (κ2) is 18.3. The van der Waals surface area contributed by atoms with Gasteiger partial charge >= 0.3 is 0 Å². The largest absolute Gasteiger partial charge is 0.680 e. The minimum absolute atomic E-state index is 0. The van der Waals surface area contributed by atoms with Crippen LogP contribution in [0.15, 0.2) is 61.2 Å². The molecule has 0 saturated heterocycles. The van der Waals surface area contributed by atoms with Crippen molar-refractivity contribution in [2.75, 3.05) is 7.05 Å². The number of nitrogens with zero attached hydrogens (tertiary/aromatic N) is 1. The van der Waals surface area contributed by atoms with Crippen LogP contribution in [0.1, 0.15) is 65.2 Å². The number of allylic oxidation sites excluding steroid dienone is 3. The van der Waals surface area contributed by atoms with Crippen molar-refractivity contribution in [3.63, 3.8) is 0 Å². The zero-order valence-corrected chi connectivity index (χ0v) is 27.1. The van der Waals surface area contributed by atoms with E-state index in [0.29, 0.717) is 5.75 Å². The first-order chi connectivity index (χ1) is 15.8. The molecule has 1 heterocycles. The number of hydrogen-bond donors (Lipinski definition) is 1. The number of phenolic OH excluding ortho intramolecular Hbond substituents is 1. The van der Waals surface area contributed by atoms with Crippen LogP contribution >= 0.6 is 0 Å². The van der Waals surface area contributed by atoms with Crippen molar-refractivity contribution in [2.24, 2.45) is 7.05 Å². The standard InChI is InChI=1S/C25H29NO.2C2H6.CH4N.Hf.H2O/c1-7-8-9-13-19-18-12-10-11-14-22(18)26(6)23(19)20-15-17(2)16-21(24(20)27)25(3,4)5;3*1-2;;/h7-12,14-16,27H,1,13H2,2-6H3;2*1-2H3;2H,1H3;;1H2/q;;;-1;;/b9-8-;;;;;. The van der Waals surface area contributed by atoms with E-state index >= 15 is 0 Å². The molecular weight excluding hydrogens is 599 g/mol. The Labute approximate surface area is 233 Å². The molecule has 0 saturated carbocycles. The van der Waals surface area contributed by atoms with Crippen LogP contribution in [0.2, 0.25) is 0 Å². The predicted octanol–water partition coefficient (Wildman–Crippen LogP) is 8.34. The third-order valence-corrected chi connectivity index (χ3v) is 5.12. The summed E-state index contributed by atoms with van der Waals surface area (Å²) in [5.41, 5.74) is 12.1. The van der Waals surface area contributed by atoms with Crippen LogP contribution in [-0.4, -0.2) is 22.2 Å². The number of para-hydroxylation sites is 1. The van der Waals surface area contributed by atoms with E-state index in [-0.39, 0.29) is 36.7 Å². The van der Waals surface area contributed by atoms with Gasteiger partial charge in [0.1, 0.15) is 5.75 Å². The third-order valence-electron chi connectivity index (χ3n) is 5.12. The first kappa shape index (κ1) is 37.6. The molecule has 3 rings (SSSR count). The predicted molar refractivity (Wildman–Crippen MR) is 153 cm³/mol. The fraction of sp³-hybridized carbons (Fsp3) is 0.400. The molecule has 0 aliphatic heterocycles. The number of nitrogens with one attached hydrogen (secondary N) is 1. The van der Waals surface area contributed by atoms with Crippen molar-refractivity contribution in [3.05, 3.63) is 83.6 Å². The summed E-state index contributed by atoms with van der Waals surface area (Å²) in [5, 5.41) is 12.4. The summed E-state index contributed by atoms with van der Waals surface area (Å²) in [4.78, 5) is 0. The van der Waals surface area contributed by atoms with Gasteiger partial charge in [-0.25, -0.2) is 0 Å². The summed E-state index contributed by atoms with van der Waals surface area (Å²) in [7, 11) is 3.33. The maximum Gasteiger partial charge on any atom is 0.128 e. The van der Waals surface area contributed by atoms with Crippen molar-refractivity contribution >= 4 is 10.9 Å². The second-order valence-corrected chi connectivity index (χ2v) is 8.23. The Morgan fingerprint density at radius 3 is 2.09 bits per heavy atom. The van der Waals surface area contributed by atoms with Crippen molar-refractivity contribution in [1.82, 2.24) is 4.57 Å². The minimum Gasteiger partial charge on any atom is -0.680 e. The molecule has 194 valence electrons. The van der Waals surface area contributed by atoms with Gasteiger partial charge in [-0.2, -0.15) is 7.05 Å². The molecular formula is C30H47HfN2O2-. The molecule has 0 aliphatic rings. The van der Waals surface area contributed by atoms with Crippen LogP contribution in [0.4, 0.5) is 0 Å². The maximum atomic E-state index is 11.2. The van der Waals surface area contributed by atoms with E-state index in [0.717, 1.165) is 28.8 Å².